The molecule has 156 valence electrons. The van der Waals surface area contributed by atoms with Crippen LogP contribution in [0.25, 0.3) is 0 Å². The van der Waals surface area contributed by atoms with Crippen LogP contribution in [-0.2, 0) is 11.3 Å². The van der Waals surface area contributed by atoms with E-state index < -0.39 is 0 Å². The van der Waals surface area contributed by atoms with Gasteiger partial charge in [0.25, 0.3) is 0 Å². The number of hydrogen-bond donors (Lipinski definition) is 0. The zero-order chi connectivity index (χ0) is 19.6. The Morgan fingerprint density at radius 1 is 0.893 bits per heavy atom. The summed E-state index contributed by atoms with van der Waals surface area (Å²) >= 11 is 0. The largest absolute Gasteiger partial charge is 0.377 e. The molecule has 2 saturated carbocycles. The molecule has 1 aromatic rings. The maximum atomic E-state index is 5.67. The first-order chi connectivity index (χ1) is 13.8. The molecule has 2 fully saturated rings. The van der Waals surface area contributed by atoms with Gasteiger partial charge in [-0.25, -0.2) is 0 Å². The normalized spacial score (nSPS) is 28.6. The van der Waals surface area contributed by atoms with E-state index in [0.717, 1.165) is 43.3 Å². The second-order valence-corrected chi connectivity index (χ2v) is 9.33. The van der Waals surface area contributed by atoms with Crippen LogP contribution >= 0.6 is 0 Å². The van der Waals surface area contributed by atoms with Gasteiger partial charge in [-0.3, -0.25) is 0 Å². The van der Waals surface area contributed by atoms with Gasteiger partial charge in [0, 0.05) is 6.61 Å². The van der Waals surface area contributed by atoms with Gasteiger partial charge in [-0.15, -0.1) is 0 Å². The SMILES string of the molecule is CC=CCCC1CCC(C2CCC(c3ccc(COCCC)cc3)CC2)CC1. The first kappa shape index (κ1) is 21.6. The highest BCUT2D eigenvalue weighted by atomic mass is 16.5. The van der Waals surface area contributed by atoms with Gasteiger partial charge in [0.2, 0.25) is 0 Å². The van der Waals surface area contributed by atoms with Crippen molar-refractivity contribution in [3.63, 3.8) is 0 Å². The minimum absolute atomic E-state index is 0.762. The molecule has 0 N–H and O–H groups in total. The van der Waals surface area contributed by atoms with Crippen LogP contribution < -0.4 is 0 Å². The Morgan fingerprint density at radius 2 is 1.54 bits per heavy atom. The Kier molecular flexibility index (Phi) is 9.12. The van der Waals surface area contributed by atoms with Gasteiger partial charge in [0.15, 0.2) is 0 Å². The number of hydrogen-bond acceptors (Lipinski definition) is 1. The van der Waals surface area contributed by atoms with E-state index in [1.165, 1.54) is 69.8 Å². The number of ether oxygens (including phenoxy) is 1. The van der Waals surface area contributed by atoms with Crippen molar-refractivity contribution < 1.29 is 4.74 Å². The molecule has 28 heavy (non-hydrogen) atoms. The minimum atomic E-state index is 0.762. The van der Waals surface area contributed by atoms with E-state index in [-0.39, 0.29) is 0 Å². The van der Waals surface area contributed by atoms with Gasteiger partial charge in [-0.1, -0.05) is 56.2 Å². The molecule has 0 aliphatic heterocycles. The molecular formula is C27H42O. The molecule has 1 aromatic carbocycles. The molecule has 1 heteroatoms. The van der Waals surface area contributed by atoms with Crippen LogP contribution in [0.1, 0.15) is 102 Å². The summed E-state index contributed by atoms with van der Waals surface area (Å²) in [6.07, 6.45) is 20.1. The Balaban J connectivity index is 1.39. The van der Waals surface area contributed by atoms with E-state index in [4.69, 9.17) is 4.74 Å². The summed E-state index contributed by atoms with van der Waals surface area (Å²) in [5.41, 5.74) is 2.88. The lowest BCUT2D eigenvalue weighted by Crippen LogP contribution is -2.25. The fraction of sp³-hybridized carbons (Fsp3) is 0.704. The molecular weight excluding hydrogens is 340 g/mol. The molecule has 0 heterocycles. The molecule has 2 aliphatic carbocycles. The molecule has 0 spiro atoms. The lowest BCUT2D eigenvalue weighted by molar-refractivity contribution is 0.121. The third-order valence-corrected chi connectivity index (χ3v) is 7.38. The lowest BCUT2D eigenvalue weighted by Gasteiger charge is -2.38. The van der Waals surface area contributed by atoms with Crippen molar-refractivity contribution in [2.75, 3.05) is 6.61 Å². The van der Waals surface area contributed by atoms with E-state index in [1.807, 2.05) is 0 Å². The second kappa shape index (κ2) is 11.8. The molecule has 0 aromatic heterocycles. The van der Waals surface area contributed by atoms with E-state index in [1.54, 1.807) is 5.56 Å². The fourth-order valence-electron chi connectivity index (χ4n) is 5.59. The van der Waals surface area contributed by atoms with E-state index in [0.29, 0.717) is 0 Å². The van der Waals surface area contributed by atoms with Gasteiger partial charge in [0.05, 0.1) is 6.61 Å². The Bertz CT molecular complexity index is 556. The smallest absolute Gasteiger partial charge is 0.0716 e. The molecule has 0 saturated heterocycles. The maximum absolute atomic E-state index is 5.67. The summed E-state index contributed by atoms with van der Waals surface area (Å²) in [4.78, 5) is 0. The number of benzene rings is 1. The number of allylic oxidation sites excluding steroid dienone is 2. The van der Waals surface area contributed by atoms with Crippen molar-refractivity contribution in [2.45, 2.75) is 97.0 Å². The second-order valence-electron chi connectivity index (χ2n) is 9.33. The van der Waals surface area contributed by atoms with Crippen molar-refractivity contribution in [1.82, 2.24) is 0 Å². The third-order valence-electron chi connectivity index (χ3n) is 7.38. The Labute approximate surface area is 174 Å². The van der Waals surface area contributed by atoms with Crippen molar-refractivity contribution in [1.29, 1.82) is 0 Å². The van der Waals surface area contributed by atoms with Crippen molar-refractivity contribution in [2.24, 2.45) is 17.8 Å². The molecule has 0 atom stereocenters. The predicted octanol–water partition coefficient (Wildman–Crippen LogP) is 8.05. The van der Waals surface area contributed by atoms with Gasteiger partial charge < -0.3 is 4.74 Å². The Morgan fingerprint density at radius 3 is 2.14 bits per heavy atom. The molecule has 3 rings (SSSR count). The first-order valence-electron chi connectivity index (χ1n) is 12.1. The van der Waals surface area contributed by atoms with Crippen LogP contribution in [0.3, 0.4) is 0 Å². The van der Waals surface area contributed by atoms with E-state index in [2.05, 4.69) is 50.3 Å². The first-order valence-corrected chi connectivity index (χ1v) is 12.1. The van der Waals surface area contributed by atoms with Crippen LogP contribution in [-0.4, -0.2) is 6.61 Å². The molecule has 0 bridgehead atoms. The van der Waals surface area contributed by atoms with E-state index in [9.17, 15) is 0 Å². The van der Waals surface area contributed by atoms with Gasteiger partial charge in [-0.05, 0) is 99.5 Å². The lowest BCUT2D eigenvalue weighted by atomic mass is 9.68. The highest BCUT2D eigenvalue weighted by Gasteiger charge is 2.31. The molecule has 1 nitrogen and oxygen atoms in total. The third kappa shape index (κ3) is 6.48. The monoisotopic (exact) mass is 382 g/mol. The molecule has 0 unspecified atom stereocenters. The van der Waals surface area contributed by atoms with Crippen LogP contribution in [0.4, 0.5) is 0 Å². The van der Waals surface area contributed by atoms with Crippen LogP contribution in [0, 0.1) is 17.8 Å². The number of rotatable bonds is 9. The summed E-state index contributed by atoms with van der Waals surface area (Å²) in [7, 11) is 0. The molecule has 0 radical (unpaired) electrons. The zero-order valence-corrected chi connectivity index (χ0v) is 18.4. The van der Waals surface area contributed by atoms with Crippen molar-refractivity contribution in [3.8, 4) is 0 Å². The van der Waals surface area contributed by atoms with Crippen molar-refractivity contribution in [3.05, 3.63) is 47.5 Å². The highest BCUT2D eigenvalue weighted by Crippen LogP contribution is 2.44. The van der Waals surface area contributed by atoms with Gasteiger partial charge in [-0.2, -0.15) is 0 Å². The predicted molar refractivity (Wildman–Crippen MR) is 121 cm³/mol. The minimum Gasteiger partial charge on any atom is -0.377 e. The summed E-state index contributed by atoms with van der Waals surface area (Å²) in [5, 5.41) is 0. The van der Waals surface area contributed by atoms with Crippen molar-refractivity contribution >= 4 is 0 Å². The van der Waals surface area contributed by atoms with E-state index >= 15 is 0 Å². The maximum Gasteiger partial charge on any atom is 0.0716 e. The molecule has 2 aliphatic rings. The average molecular weight is 383 g/mol. The summed E-state index contributed by atoms with van der Waals surface area (Å²) < 4.78 is 5.67. The topological polar surface area (TPSA) is 9.23 Å². The van der Waals surface area contributed by atoms with Crippen LogP contribution in [0.15, 0.2) is 36.4 Å². The summed E-state index contributed by atoms with van der Waals surface area (Å²) in [6.45, 7) is 5.93. The van der Waals surface area contributed by atoms with Crippen LogP contribution in [0.5, 0.6) is 0 Å². The van der Waals surface area contributed by atoms with Gasteiger partial charge in [0.1, 0.15) is 0 Å². The highest BCUT2D eigenvalue weighted by molar-refractivity contribution is 5.25. The standard InChI is InChI=1S/C27H42O/c1-3-5-6-7-22-8-12-24(13-9-22)26-16-18-27(19-17-26)25-14-10-23(11-15-25)21-28-20-4-2/h3,5,10-11,14-15,22,24,26-27H,4,6-9,12-13,16-21H2,1-2H3. The van der Waals surface area contributed by atoms with Crippen LogP contribution in [0.2, 0.25) is 0 Å². The van der Waals surface area contributed by atoms with Gasteiger partial charge >= 0.3 is 0 Å². The Hall–Kier alpha value is -1.08. The zero-order valence-electron chi connectivity index (χ0n) is 18.4. The average Bonchev–Trinajstić information content (AvgIpc) is 2.75. The summed E-state index contributed by atoms with van der Waals surface area (Å²) in [5.74, 6) is 3.83. The summed E-state index contributed by atoms with van der Waals surface area (Å²) in [6, 6.07) is 9.30. The molecule has 0 amide bonds. The quantitative estimate of drug-likeness (QED) is 0.310. The fourth-order valence-corrected chi connectivity index (χ4v) is 5.59.